The third kappa shape index (κ3) is 2.97. The summed E-state index contributed by atoms with van der Waals surface area (Å²) in [6.07, 6.45) is 3.62. The molecule has 0 aliphatic heterocycles. The topological polar surface area (TPSA) is 43.1 Å². The quantitative estimate of drug-likeness (QED) is 0.588. The minimum atomic E-state index is 0.152. The molecule has 1 heterocycles. The zero-order chi connectivity index (χ0) is 11.2. The lowest BCUT2D eigenvalue weighted by Crippen LogP contribution is -1.99. The molecule has 0 fully saturated rings. The molecule has 2 aromatic rings. The molecule has 0 unspecified atom stereocenters. The summed E-state index contributed by atoms with van der Waals surface area (Å²) in [5, 5.41) is 0.612. The molecule has 3 nitrogen and oxygen atoms in total. The number of rotatable bonds is 5. The summed E-state index contributed by atoms with van der Waals surface area (Å²) in [6, 6.07) is 9.30. The Balaban J connectivity index is 1.81. The summed E-state index contributed by atoms with van der Waals surface area (Å²) < 4.78 is 5.06. The van der Waals surface area contributed by atoms with E-state index in [0.717, 1.165) is 5.56 Å². The molecule has 1 aromatic heterocycles. The van der Waals surface area contributed by atoms with E-state index in [1.165, 1.54) is 18.0 Å². The second kappa shape index (κ2) is 5.51. The Hall–Kier alpha value is -1.55. The lowest BCUT2D eigenvalue weighted by molar-refractivity contribution is 0.0989. The van der Waals surface area contributed by atoms with E-state index in [4.69, 9.17) is 4.42 Å². The average Bonchev–Trinajstić information content (AvgIpc) is 2.83. The zero-order valence-electron chi connectivity index (χ0n) is 8.63. The molecule has 82 valence electrons. The van der Waals surface area contributed by atoms with Crippen molar-refractivity contribution in [1.82, 2.24) is 4.98 Å². The number of hydrogen-bond donors (Lipinski definition) is 0. The normalized spacial score (nSPS) is 10.2. The maximum Gasteiger partial charge on any atom is 0.255 e. The second-order valence-corrected chi connectivity index (χ2v) is 4.23. The molecule has 1 aromatic carbocycles. The van der Waals surface area contributed by atoms with Crippen molar-refractivity contribution in [2.45, 2.75) is 11.6 Å². The van der Waals surface area contributed by atoms with Crippen LogP contribution in [0.4, 0.5) is 0 Å². The monoisotopic (exact) mass is 233 g/mol. The van der Waals surface area contributed by atoms with Crippen molar-refractivity contribution in [3.8, 4) is 0 Å². The summed E-state index contributed by atoms with van der Waals surface area (Å²) in [5.41, 5.74) is 0.760. The number of nitrogens with zero attached hydrogens (tertiary/aromatic N) is 1. The molecule has 0 aliphatic rings. The van der Waals surface area contributed by atoms with Gasteiger partial charge < -0.3 is 4.42 Å². The van der Waals surface area contributed by atoms with E-state index >= 15 is 0 Å². The van der Waals surface area contributed by atoms with Crippen LogP contribution in [0.25, 0.3) is 0 Å². The largest absolute Gasteiger partial charge is 0.440 e. The molecular formula is C12H11NO2S. The molecule has 0 N–H and O–H groups in total. The third-order valence-corrected chi connectivity index (χ3v) is 2.92. The van der Waals surface area contributed by atoms with Gasteiger partial charge in [-0.15, -0.1) is 0 Å². The van der Waals surface area contributed by atoms with E-state index in [1.54, 1.807) is 6.20 Å². The van der Waals surface area contributed by atoms with E-state index in [1.807, 2.05) is 30.3 Å². The van der Waals surface area contributed by atoms with E-state index < -0.39 is 0 Å². The summed E-state index contributed by atoms with van der Waals surface area (Å²) in [7, 11) is 0. The van der Waals surface area contributed by atoms with Crippen LogP contribution in [0.5, 0.6) is 0 Å². The average molecular weight is 233 g/mol. The first-order chi connectivity index (χ1) is 7.86. The fraction of sp³-hybridized carbons (Fsp3) is 0.167. The van der Waals surface area contributed by atoms with Gasteiger partial charge in [-0.2, -0.15) is 0 Å². The predicted octanol–water partition coefficient (Wildman–Crippen LogP) is 3.04. The first-order valence-electron chi connectivity index (χ1n) is 4.97. The molecule has 0 radical (unpaired) electrons. The summed E-state index contributed by atoms with van der Waals surface area (Å²) in [5.74, 6) is 0.841. The Morgan fingerprint density at radius 1 is 1.31 bits per heavy atom. The molecule has 0 spiro atoms. The summed E-state index contributed by atoms with van der Waals surface area (Å²) >= 11 is 1.45. The van der Waals surface area contributed by atoms with Crippen LogP contribution in [0.15, 0.2) is 52.4 Å². The first-order valence-corrected chi connectivity index (χ1v) is 5.95. The number of oxazole rings is 1. The zero-order valence-corrected chi connectivity index (χ0v) is 9.44. The molecule has 0 amide bonds. The van der Waals surface area contributed by atoms with Gasteiger partial charge in [-0.3, -0.25) is 4.79 Å². The van der Waals surface area contributed by atoms with Gasteiger partial charge in [-0.05, 0) is 0 Å². The van der Waals surface area contributed by atoms with Crippen LogP contribution in [0.2, 0.25) is 0 Å². The van der Waals surface area contributed by atoms with Gasteiger partial charge in [0.2, 0.25) is 0 Å². The molecule has 0 saturated heterocycles. The van der Waals surface area contributed by atoms with Crippen LogP contribution in [0.1, 0.15) is 16.8 Å². The van der Waals surface area contributed by atoms with E-state index in [-0.39, 0.29) is 5.78 Å². The molecule has 2 rings (SSSR count). The Kier molecular flexibility index (Phi) is 3.77. The van der Waals surface area contributed by atoms with E-state index in [2.05, 4.69) is 4.98 Å². The van der Waals surface area contributed by atoms with Crippen molar-refractivity contribution in [2.24, 2.45) is 0 Å². The van der Waals surface area contributed by atoms with Crippen molar-refractivity contribution in [3.63, 3.8) is 0 Å². The molecule has 0 aliphatic carbocycles. The fourth-order valence-corrected chi connectivity index (χ4v) is 2.00. The van der Waals surface area contributed by atoms with Crippen LogP contribution >= 0.6 is 11.8 Å². The highest BCUT2D eigenvalue weighted by Crippen LogP contribution is 2.16. The fourth-order valence-electron chi connectivity index (χ4n) is 1.28. The Bertz CT molecular complexity index is 439. The smallest absolute Gasteiger partial charge is 0.255 e. The Morgan fingerprint density at radius 2 is 2.12 bits per heavy atom. The molecule has 4 heteroatoms. The van der Waals surface area contributed by atoms with Gasteiger partial charge >= 0.3 is 0 Å². The highest BCUT2D eigenvalue weighted by atomic mass is 32.2. The standard InChI is InChI=1S/C12H11NO2S/c14-11(10-4-2-1-3-5-10)6-9-16-12-13-7-8-15-12/h1-5,7-8H,6,9H2. The van der Waals surface area contributed by atoms with Crippen molar-refractivity contribution in [2.75, 3.05) is 5.75 Å². The molecule has 0 bridgehead atoms. The van der Waals surface area contributed by atoms with Crippen molar-refractivity contribution < 1.29 is 9.21 Å². The number of carbonyl (C=O) groups excluding carboxylic acids is 1. The lowest BCUT2D eigenvalue weighted by atomic mass is 10.1. The van der Waals surface area contributed by atoms with Crippen LogP contribution in [0, 0.1) is 0 Å². The van der Waals surface area contributed by atoms with Crippen molar-refractivity contribution >= 4 is 17.5 Å². The summed E-state index contributed by atoms with van der Waals surface area (Å²) in [4.78, 5) is 15.7. The number of Topliss-reactive ketones (excluding diaryl/α,β-unsaturated/α-hetero) is 1. The van der Waals surface area contributed by atoms with Gasteiger partial charge in [0.25, 0.3) is 5.22 Å². The van der Waals surface area contributed by atoms with Gasteiger partial charge in [0.05, 0.1) is 6.20 Å². The highest BCUT2D eigenvalue weighted by molar-refractivity contribution is 7.99. The number of thioether (sulfide) groups is 1. The maximum absolute atomic E-state index is 11.7. The van der Waals surface area contributed by atoms with Crippen LogP contribution < -0.4 is 0 Å². The third-order valence-electron chi connectivity index (χ3n) is 2.06. The molecule has 0 saturated carbocycles. The number of aromatic nitrogens is 1. The molecular weight excluding hydrogens is 222 g/mol. The predicted molar refractivity (Wildman–Crippen MR) is 62.6 cm³/mol. The van der Waals surface area contributed by atoms with E-state index in [0.29, 0.717) is 17.4 Å². The number of carbonyl (C=O) groups is 1. The van der Waals surface area contributed by atoms with Gasteiger partial charge in [-0.1, -0.05) is 42.1 Å². The number of ketones is 1. The first kappa shape index (κ1) is 11.0. The second-order valence-electron chi connectivity index (χ2n) is 3.19. The lowest BCUT2D eigenvalue weighted by Gasteiger charge is -1.98. The van der Waals surface area contributed by atoms with Crippen molar-refractivity contribution in [3.05, 3.63) is 48.4 Å². The van der Waals surface area contributed by atoms with Gasteiger partial charge in [-0.25, -0.2) is 4.98 Å². The van der Waals surface area contributed by atoms with Crippen LogP contribution in [0.3, 0.4) is 0 Å². The van der Waals surface area contributed by atoms with Crippen LogP contribution in [-0.4, -0.2) is 16.5 Å². The van der Waals surface area contributed by atoms with Gasteiger partial charge in [0.15, 0.2) is 5.78 Å². The Morgan fingerprint density at radius 3 is 2.81 bits per heavy atom. The van der Waals surface area contributed by atoms with Gasteiger partial charge in [0, 0.05) is 17.7 Å². The number of benzene rings is 1. The molecule has 16 heavy (non-hydrogen) atoms. The van der Waals surface area contributed by atoms with Gasteiger partial charge in [0.1, 0.15) is 6.26 Å². The number of hydrogen-bond acceptors (Lipinski definition) is 4. The van der Waals surface area contributed by atoms with E-state index in [9.17, 15) is 4.79 Å². The Labute approximate surface area is 97.9 Å². The summed E-state index contributed by atoms with van der Waals surface area (Å²) in [6.45, 7) is 0. The highest BCUT2D eigenvalue weighted by Gasteiger charge is 2.06. The SMILES string of the molecule is O=C(CCSc1ncco1)c1ccccc1. The molecule has 0 atom stereocenters. The maximum atomic E-state index is 11.7. The minimum Gasteiger partial charge on any atom is -0.440 e. The van der Waals surface area contributed by atoms with Crippen LogP contribution in [-0.2, 0) is 0 Å². The minimum absolute atomic E-state index is 0.152. The van der Waals surface area contributed by atoms with Crippen molar-refractivity contribution in [1.29, 1.82) is 0 Å².